The van der Waals surface area contributed by atoms with Crippen LogP contribution in [0.3, 0.4) is 0 Å². The van der Waals surface area contributed by atoms with Crippen LogP contribution in [0.4, 0.5) is 0 Å². The highest BCUT2D eigenvalue weighted by molar-refractivity contribution is 7.80. The summed E-state index contributed by atoms with van der Waals surface area (Å²) in [5, 5.41) is 9.60. The number of hydrogen-bond acceptors (Lipinski definition) is 3. The Balaban J connectivity index is 1.95. The highest BCUT2D eigenvalue weighted by Crippen LogP contribution is 2.29. The van der Waals surface area contributed by atoms with E-state index in [-0.39, 0.29) is 18.1 Å². The summed E-state index contributed by atoms with van der Waals surface area (Å²) in [6, 6.07) is 0.283. The number of aliphatic hydroxyl groups excluding tert-OH is 1. The molecule has 2 rings (SSSR count). The summed E-state index contributed by atoms with van der Waals surface area (Å²) in [4.78, 5) is 13.7. The summed E-state index contributed by atoms with van der Waals surface area (Å²) < 4.78 is 0. The zero-order chi connectivity index (χ0) is 10.8. The number of carbonyl (C=O) groups excluding carboxylic acids is 1. The van der Waals surface area contributed by atoms with Crippen LogP contribution in [0.2, 0.25) is 0 Å². The summed E-state index contributed by atoms with van der Waals surface area (Å²) in [6.45, 7) is 0.847. The molecule has 3 unspecified atom stereocenters. The summed E-state index contributed by atoms with van der Waals surface area (Å²) in [6.07, 6.45) is 4.21. The number of carbonyl (C=O) groups is 1. The monoisotopic (exact) mass is 229 g/mol. The van der Waals surface area contributed by atoms with Crippen molar-refractivity contribution in [3.63, 3.8) is 0 Å². The van der Waals surface area contributed by atoms with E-state index in [9.17, 15) is 9.90 Å². The van der Waals surface area contributed by atoms with Gasteiger partial charge in [0.25, 0.3) is 0 Å². The highest BCUT2D eigenvalue weighted by Gasteiger charge is 2.35. The molecule has 0 radical (unpaired) electrons. The topological polar surface area (TPSA) is 40.5 Å². The smallest absolute Gasteiger partial charge is 0.223 e. The molecule has 4 heteroatoms. The van der Waals surface area contributed by atoms with Gasteiger partial charge in [-0.2, -0.15) is 12.6 Å². The van der Waals surface area contributed by atoms with Crippen LogP contribution in [-0.2, 0) is 4.79 Å². The highest BCUT2D eigenvalue weighted by atomic mass is 32.1. The first kappa shape index (κ1) is 11.3. The molecule has 2 aliphatic rings. The van der Waals surface area contributed by atoms with Crippen molar-refractivity contribution in [3.05, 3.63) is 0 Å². The van der Waals surface area contributed by atoms with E-state index in [4.69, 9.17) is 0 Å². The predicted octanol–water partition coefficient (Wildman–Crippen LogP) is 1.07. The average Bonchev–Trinajstić information content (AvgIpc) is 2.60. The molecule has 0 aromatic rings. The van der Waals surface area contributed by atoms with Crippen LogP contribution >= 0.6 is 12.6 Å². The van der Waals surface area contributed by atoms with Gasteiger partial charge in [0, 0.05) is 19.0 Å². The van der Waals surface area contributed by atoms with Crippen LogP contribution in [0.1, 0.15) is 32.1 Å². The van der Waals surface area contributed by atoms with Crippen LogP contribution in [0.5, 0.6) is 0 Å². The lowest BCUT2D eigenvalue weighted by atomic mass is 9.92. The predicted molar refractivity (Wildman–Crippen MR) is 61.9 cm³/mol. The lowest BCUT2D eigenvalue weighted by molar-refractivity contribution is -0.130. The lowest BCUT2D eigenvalue weighted by Crippen LogP contribution is -2.41. The van der Waals surface area contributed by atoms with Gasteiger partial charge in [0.1, 0.15) is 0 Å². The molecule has 3 atom stereocenters. The molecule has 15 heavy (non-hydrogen) atoms. The molecule has 1 amide bonds. The molecule has 2 fully saturated rings. The Bertz CT molecular complexity index is 247. The maximum atomic E-state index is 11.8. The maximum absolute atomic E-state index is 11.8. The van der Waals surface area contributed by atoms with Gasteiger partial charge in [-0.15, -0.1) is 0 Å². The second-order valence-corrected chi connectivity index (χ2v) is 5.14. The second-order valence-electron chi connectivity index (χ2n) is 4.77. The van der Waals surface area contributed by atoms with Crippen LogP contribution in [-0.4, -0.2) is 40.4 Å². The fourth-order valence-corrected chi connectivity index (χ4v) is 2.95. The first-order chi connectivity index (χ1) is 7.20. The summed E-state index contributed by atoms with van der Waals surface area (Å²) >= 11 is 4.25. The normalized spacial score (nSPS) is 37.3. The molecule has 3 nitrogen and oxygen atoms in total. The van der Waals surface area contributed by atoms with Crippen molar-refractivity contribution in [3.8, 4) is 0 Å². The Morgan fingerprint density at radius 1 is 1.47 bits per heavy atom. The zero-order valence-corrected chi connectivity index (χ0v) is 9.83. The SMILES string of the molecule is O=C1CC(CS)CN1C1CCCC(O)C1. The van der Waals surface area contributed by atoms with Gasteiger partial charge in [-0.3, -0.25) is 4.79 Å². The summed E-state index contributed by atoms with van der Waals surface area (Å²) in [5.74, 6) is 1.46. The third kappa shape index (κ3) is 2.48. The minimum atomic E-state index is -0.202. The van der Waals surface area contributed by atoms with Crippen LogP contribution < -0.4 is 0 Å². The minimum absolute atomic E-state index is 0.202. The number of likely N-dealkylation sites (tertiary alicyclic amines) is 1. The molecule has 1 N–H and O–H groups in total. The van der Waals surface area contributed by atoms with Gasteiger partial charge in [0.15, 0.2) is 0 Å². The van der Waals surface area contributed by atoms with E-state index in [0.717, 1.165) is 38.0 Å². The average molecular weight is 229 g/mol. The van der Waals surface area contributed by atoms with Crippen molar-refractivity contribution in [1.29, 1.82) is 0 Å². The Morgan fingerprint density at radius 3 is 2.87 bits per heavy atom. The molecule has 1 heterocycles. The molecule has 0 aromatic heterocycles. The zero-order valence-electron chi connectivity index (χ0n) is 8.93. The van der Waals surface area contributed by atoms with E-state index in [0.29, 0.717) is 12.3 Å². The van der Waals surface area contributed by atoms with Crippen LogP contribution in [0.25, 0.3) is 0 Å². The van der Waals surface area contributed by atoms with E-state index < -0.39 is 0 Å². The standard InChI is InChI=1S/C11H19NO2S/c13-10-3-1-2-9(5-10)12-6-8(7-15)4-11(12)14/h8-10,13,15H,1-7H2. The van der Waals surface area contributed by atoms with Gasteiger partial charge in [0.2, 0.25) is 5.91 Å². The molecule has 1 saturated carbocycles. The molecule has 1 aliphatic heterocycles. The van der Waals surface area contributed by atoms with Crippen molar-refractivity contribution in [2.75, 3.05) is 12.3 Å². The summed E-state index contributed by atoms with van der Waals surface area (Å²) in [7, 11) is 0. The Kier molecular flexibility index (Phi) is 3.57. The van der Waals surface area contributed by atoms with E-state index >= 15 is 0 Å². The first-order valence-corrected chi connectivity index (χ1v) is 6.42. The van der Waals surface area contributed by atoms with E-state index in [1.165, 1.54) is 0 Å². The number of thiol groups is 1. The third-order valence-electron chi connectivity index (χ3n) is 3.56. The number of amides is 1. The van der Waals surface area contributed by atoms with Gasteiger partial charge in [-0.1, -0.05) is 0 Å². The quantitative estimate of drug-likeness (QED) is 0.695. The van der Waals surface area contributed by atoms with Crippen molar-refractivity contribution in [2.45, 2.75) is 44.2 Å². The minimum Gasteiger partial charge on any atom is -0.393 e. The second kappa shape index (κ2) is 4.74. The number of hydrogen-bond donors (Lipinski definition) is 2. The van der Waals surface area contributed by atoms with E-state index in [1.807, 2.05) is 4.90 Å². The fraction of sp³-hybridized carbons (Fsp3) is 0.909. The lowest BCUT2D eigenvalue weighted by Gasteiger charge is -2.33. The molecule has 0 aromatic carbocycles. The molecule has 1 saturated heterocycles. The maximum Gasteiger partial charge on any atom is 0.223 e. The summed E-state index contributed by atoms with van der Waals surface area (Å²) in [5.41, 5.74) is 0. The van der Waals surface area contributed by atoms with Gasteiger partial charge >= 0.3 is 0 Å². The third-order valence-corrected chi connectivity index (χ3v) is 4.07. The molecular weight excluding hydrogens is 210 g/mol. The van der Waals surface area contributed by atoms with Gasteiger partial charge < -0.3 is 10.0 Å². The Labute approximate surface area is 96.2 Å². The first-order valence-electron chi connectivity index (χ1n) is 5.79. The van der Waals surface area contributed by atoms with Crippen molar-refractivity contribution >= 4 is 18.5 Å². The van der Waals surface area contributed by atoms with Crippen molar-refractivity contribution in [2.24, 2.45) is 5.92 Å². The van der Waals surface area contributed by atoms with E-state index in [1.54, 1.807) is 0 Å². The number of nitrogens with zero attached hydrogens (tertiary/aromatic N) is 1. The van der Waals surface area contributed by atoms with Gasteiger partial charge in [0.05, 0.1) is 6.10 Å². The number of aliphatic hydroxyl groups is 1. The molecule has 1 aliphatic carbocycles. The van der Waals surface area contributed by atoms with Gasteiger partial charge in [-0.05, 0) is 37.4 Å². The molecular formula is C11H19NO2S. The van der Waals surface area contributed by atoms with Crippen molar-refractivity contribution < 1.29 is 9.90 Å². The number of rotatable bonds is 2. The van der Waals surface area contributed by atoms with Crippen LogP contribution in [0, 0.1) is 5.92 Å². The van der Waals surface area contributed by atoms with Gasteiger partial charge in [-0.25, -0.2) is 0 Å². The largest absolute Gasteiger partial charge is 0.393 e. The fourth-order valence-electron chi connectivity index (χ4n) is 2.71. The molecule has 0 bridgehead atoms. The molecule has 86 valence electrons. The van der Waals surface area contributed by atoms with E-state index in [2.05, 4.69) is 12.6 Å². The Morgan fingerprint density at radius 2 is 2.27 bits per heavy atom. The molecule has 0 spiro atoms. The van der Waals surface area contributed by atoms with Crippen LogP contribution in [0.15, 0.2) is 0 Å². The van der Waals surface area contributed by atoms with Crippen molar-refractivity contribution in [1.82, 2.24) is 4.90 Å². The Hall–Kier alpha value is -0.220.